The first-order valence-electron chi connectivity index (χ1n) is 7.19. The lowest BCUT2D eigenvalue weighted by Crippen LogP contribution is -2.32. The Morgan fingerprint density at radius 1 is 1.26 bits per heavy atom. The zero-order valence-electron chi connectivity index (χ0n) is 12.9. The van der Waals surface area contributed by atoms with E-state index in [9.17, 15) is 0 Å². The van der Waals surface area contributed by atoms with E-state index < -0.39 is 0 Å². The second-order valence-corrected chi connectivity index (χ2v) is 5.18. The molecule has 1 aromatic carbocycles. The maximum atomic E-state index is 5.97. The standard InChI is InChI=1S/C16H28N2O/c1-6-12(3)18(7-2)11-15-10-14(13(4)17)8-9-16(15)19-5/h8-10,12-13H,6-7,11,17H2,1-5H3. The molecule has 2 unspecified atom stereocenters. The highest BCUT2D eigenvalue weighted by molar-refractivity contribution is 5.38. The van der Waals surface area contributed by atoms with Gasteiger partial charge < -0.3 is 10.5 Å². The van der Waals surface area contributed by atoms with Gasteiger partial charge >= 0.3 is 0 Å². The van der Waals surface area contributed by atoms with Gasteiger partial charge in [-0.3, -0.25) is 4.90 Å². The molecule has 0 heterocycles. The summed E-state index contributed by atoms with van der Waals surface area (Å²) in [7, 11) is 1.73. The molecular formula is C16H28N2O. The van der Waals surface area contributed by atoms with E-state index in [-0.39, 0.29) is 6.04 Å². The molecule has 0 aromatic heterocycles. The molecule has 0 fully saturated rings. The third-order valence-corrected chi connectivity index (χ3v) is 3.82. The van der Waals surface area contributed by atoms with Crippen LogP contribution in [-0.2, 0) is 6.54 Å². The molecule has 0 saturated carbocycles. The van der Waals surface area contributed by atoms with E-state index in [1.807, 2.05) is 19.1 Å². The Labute approximate surface area is 117 Å². The Hall–Kier alpha value is -1.06. The normalized spacial score (nSPS) is 14.5. The minimum atomic E-state index is 0.0586. The average molecular weight is 264 g/mol. The van der Waals surface area contributed by atoms with Gasteiger partial charge in [0, 0.05) is 24.2 Å². The van der Waals surface area contributed by atoms with E-state index in [0.717, 1.165) is 30.8 Å². The van der Waals surface area contributed by atoms with Crippen LogP contribution < -0.4 is 10.5 Å². The van der Waals surface area contributed by atoms with Crippen molar-refractivity contribution in [3.63, 3.8) is 0 Å². The van der Waals surface area contributed by atoms with Crippen molar-refractivity contribution in [1.82, 2.24) is 4.90 Å². The number of rotatable bonds is 7. The number of benzene rings is 1. The lowest BCUT2D eigenvalue weighted by atomic mass is 10.0. The molecule has 3 heteroatoms. The maximum absolute atomic E-state index is 5.97. The third kappa shape index (κ3) is 4.22. The number of nitrogens with zero attached hydrogens (tertiary/aromatic N) is 1. The van der Waals surface area contributed by atoms with Crippen molar-refractivity contribution < 1.29 is 4.74 Å². The molecule has 0 aliphatic carbocycles. The second kappa shape index (κ2) is 7.51. The fourth-order valence-electron chi connectivity index (χ4n) is 2.26. The van der Waals surface area contributed by atoms with Crippen molar-refractivity contribution in [2.45, 2.75) is 52.7 Å². The van der Waals surface area contributed by atoms with E-state index in [1.54, 1.807) is 7.11 Å². The van der Waals surface area contributed by atoms with E-state index in [4.69, 9.17) is 10.5 Å². The smallest absolute Gasteiger partial charge is 0.123 e. The van der Waals surface area contributed by atoms with Crippen molar-refractivity contribution in [3.8, 4) is 5.75 Å². The van der Waals surface area contributed by atoms with Gasteiger partial charge in [-0.1, -0.05) is 19.9 Å². The van der Waals surface area contributed by atoms with Gasteiger partial charge in [0.2, 0.25) is 0 Å². The van der Waals surface area contributed by atoms with Crippen LogP contribution in [0.5, 0.6) is 5.75 Å². The van der Waals surface area contributed by atoms with Crippen molar-refractivity contribution in [3.05, 3.63) is 29.3 Å². The van der Waals surface area contributed by atoms with E-state index in [1.165, 1.54) is 5.56 Å². The maximum Gasteiger partial charge on any atom is 0.123 e. The Balaban J connectivity index is 2.99. The van der Waals surface area contributed by atoms with Crippen LogP contribution >= 0.6 is 0 Å². The quantitative estimate of drug-likeness (QED) is 0.821. The highest BCUT2D eigenvalue weighted by atomic mass is 16.5. The van der Waals surface area contributed by atoms with Gasteiger partial charge in [-0.15, -0.1) is 0 Å². The minimum Gasteiger partial charge on any atom is -0.496 e. The highest BCUT2D eigenvalue weighted by Crippen LogP contribution is 2.24. The van der Waals surface area contributed by atoms with Crippen molar-refractivity contribution in [2.24, 2.45) is 5.73 Å². The molecule has 0 bridgehead atoms. The molecule has 0 aliphatic heterocycles. The number of methoxy groups -OCH3 is 1. The first kappa shape index (κ1) is 16.0. The monoisotopic (exact) mass is 264 g/mol. The lowest BCUT2D eigenvalue weighted by molar-refractivity contribution is 0.203. The summed E-state index contributed by atoms with van der Waals surface area (Å²) in [6.45, 7) is 10.7. The van der Waals surface area contributed by atoms with Gasteiger partial charge in [0.15, 0.2) is 0 Å². The Bertz CT molecular complexity index is 390. The molecule has 0 radical (unpaired) electrons. The van der Waals surface area contributed by atoms with Gasteiger partial charge in [0.25, 0.3) is 0 Å². The molecule has 0 saturated heterocycles. The van der Waals surface area contributed by atoms with Crippen molar-refractivity contribution in [2.75, 3.05) is 13.7 Å². The molecule has 1 rings (SSSR count). The number of ether oxygens (including phenoxy) is 1. The largest absolute Gasteiger partial charge is 0.496 e. The van der Waals surface area contributed by atoms with Crippen LogP contribution in [0.15, 0.2) is 18.2 Å². The summed E-state index contributed by atoms with van der Waals surface area (Å²) in [5, 5.41) is 0. The second-order valence-electron chi connectivity index (χ2n) is 5.18. The minimum absolute atomic E-state index is 0.0586. The Morgan fingerprint density at radius 2 is 1.95 bits per heavy atom. The SMILES string of the molecule is CCC(C)N(CC)Cc1cc(C(C)N)ccc1OC. The molecule has 3 nitrogen and oxygen atoms in total. The van der Waals surface area contributed by atoms with Gasteiger partial charge in [0.1, 0.15) is 5.75 Å². The van der Waals surface area contributed by atoms with Gasteiger partial charge in [-0.25, -0.2) is 0 Å². The summed E-state index contributed by atoms with van der Waals surface area (Å²) in [6.07, 6.45) is 1.16. The topological polar surface area (TPSA) is 38.5 Å². The first-order valence-corrected chi connectivity index (χ1v) is 7.19. The van der Waals surface area contributed by atoms with E-state index >= 15 is 0 Å². The van der Waals surface area contributed by atoms with Crippen LogP contribution in [0.25, 0.3) is 0 Å². The molecule has 2 N–H and O–H groups in total. The van der Waals surface area contributed by atoms with Crippen LogP contribution in [0.3, 0.4) is 0 Å². The highest BCUT2D eigenvalue weighted by Gasteiger charge is 2.14. The Morgan fingerprint density at radius 3 is 2.42 bits per heavy atom. The summed E-state index contributed by atoms with van der Waals surface area (Å²) >= 11 is 0. The molecule has 2 atom stereocenters. The number of hydrogen-bond acceptors (Lipinski definition) is 3. The van der Waals surface area contributed by atoms with Gasteiger partial charge in [0.05, 0.1) is 7.11 Å². The summed E-state index contributed by atoms with van der Waals surface area (Å²) in [5.41, 5.74) is 8.35. The molecule has 19 heavy (non-hydrogen) atoms. The molecule has 0 spiro atoms. The van der Waals surface area contributed by atoms with Crippen molar-refractivity contribution in [1.29, 1.82) is 0 Å². The van der Waals surface area contributed by atoms with Crippen LogP contribution in [0.2, 0.25) is 0 Å². The average Bonchev–Trinajstić information content (AvgIpc) is 2.43. The predicted octanol–water partition coefficient (Wildman–Crippen LogP) is 3.34. The van der Waals surface area contributed by atoms with Gasteiger partial charge in [-0.05, 0) is 44.5 Å². The molecule has 0 aliphatic rings. The summed E-state index contributed by atoms with van der Waals surface area (Å²) < 4.78 is 5.47. The lowest BCUT2D eigenvalue weighted by Gasteiger charge is -2.28. The summed E-state index contributed by atoms with van der Waals surface area (Å²) in [4.78, 5) is 2.46. The summed E-state index contributed by atoms with van der Waals surface area (Å²) in [5.74, 6) is 0.950. The molecule has 0 amide bonds. The van der Waals surface area contributed by atoms with Crippen LogP contribution in [0.1, 0.15) is 51.3 Å². The summed E-state index contributed by atoms with van der Waals surface area (Å²) in [6, 6.07) is 6.89. The van der Waals surface area contributed by atoms with Crippen LogP contribution in [0, 0.1) is 0 Å². The number of hydrogen-bond donors (Lipinski definition) is 1. The first-order chi connectivity index (χ1) is 9.03. The fraction of sp³-hybridized carbons (Fsp3) is 0.625. The zero-order valence-corrected chi connectivity index (χ0v) is 12.9. The molecule has 1 aromatic rings. The van der Waals surface area contributed by atoms with Crippen molar-refractivity contribution >= 4 is 0 Å². The van der Waals surface area contributed by atoms with Crippen LogP contribution in [-0.4, -0.2) is 24.6 Å². The zero-order chi connectivity index (χ0) is 14.4. The molecular weight excluding hydrogens is 236 g/mol. The fourth-order valence-corrected chi connectivity index (χ4v) is 2.26. The molecule has 108 valence electrons. The Kier molecular flexibility index (Phi) is 6.32. The van der Waals surface area contributed by atoms with Crippen LogP contribution in [0.4, 0.5) is 0 Å². The van der Waals surface area contributed by atoms with E-state index in [0.29, 0.717) is 6.04 Å². The number of nitrogens with two attached hydrogens (primary N) is 1. The van der Waals surface area contributed by atoms with Gasteiger partial charge in [-0.2, -0.15) is 0 Å². The third-order valence-electron chi connectivity index (χ3n) is 3.82. The predicted molar refractivity (Wildman–Crippen MR) is 81.4 cm³/mol. The van der Waals surface area contributed by atoms with E-state index in [2.05, 4.69) is 31.7 Å².